The minimum Gasteiger partial charge on any atom is -0.495 e. The van der Waals surface area contributed by atoms with Crippen molar-refractivity contribution in [1.82, 2.24) is 25.1 Å². The van der Waals surface area contributed by atoms with Crippen LogP contribution in [0.15, 0.2) is 24.4 Å². The van der Waals surface area contributed by atoms with Crippen molar-refractivity contribution in [3.63, 3.8) is 0 Å². The number of piperazine rings is 1. The van der Waals surface area contributed by atoms with E-state index in [1.807, 2.05) is 13.0 Å². The Morgan fingerprint density at radius 2 is 1.86 bits per heavy atom. The molecule has 1 unspecified atom stereocenters. The van der Waals surface area contributed by atoms with Crippen molar-refractivity contribution >= 4 is 35.0 Å². The molecule has 1 atom stereocenters. The van der Waals surface area contributed by atoms with Gasteiger partial charge in [-0.2, -0.15) is 4.98 Å². The predicted octanol–water partition coefficient (Wildman–Crippen LogP) is 3.46. The minimum atomic E-state index is -0.319. The molecule has 2 amide bonds. The summed E-state index contributed by atoms with van der Waals surface area (Å²) in [7, 11) is 3.31. The minimum absolute atomic E-state index is 0.00431. The van der Waals surface area contributed by atoms with Crippen molar-refractivity contribution in [2.45, 2.75) is 70.0 Å². The monoisotopic (exact) mass is 576 g/mol. The Morgan fingerprint density at radius 1 is 1.10 bits per heavy atom. The first-order valence-electron chi connectivity index (χ1n) is 15.5. The van der Waals surface area contributed by atoms with Gasteiger partial charge in [0.05, 0.1) is 19.0 Å². The highest BCUT2D eigenvalue weighted by atomic mass is 16.5. The smallest absolute Gasteiger partial charge is 0.251 e. The molecule has 2 saturated carbocycles. The molecule has 0 bridgehead atoms. The Hall–Kier alpha value is -3.44. The van der Waals surface area contributed by atoms with Gasteiger partial charge >= 0.3 is 0 Å². The molecule has 3 fully saturated rings. The summed E-state index contributed by atoms with van der Waals surface area (Å²) in [5.74, 6) is 2.38. The van der Waals surface area contributed by atoms with Crippen molar-refractivity contribution in [3.8, 4) is 5.75 Å². The zero-order valence-corrected chi connectivity index (χ0v) is 25.1. The summed E-state index contributed by atoms with van der Waals surface area (Å²) in [6.07, 6.45) is 9.43. The van der Waals surface area contributed by atoms with Crippen molar-refractivity contribution in [2.24, 2.45) is 5.92 Å². The second-order valence-corrected chi connectivity index (χ2v) is 12.2. The number of hydrogen-bond acceptors (Lipinski definition) is 9. The number of hydrogen-bond donors (Lipinski definition) is 3. The number of anilines is 4. The fourth-order valence-electron chi connectivity index (χ4n) is 6.53. The van der Waals surface area contributed by atoms with Gasteiger partial charge in [0.2, 0.25) is 11.9 Å². The maximum absolute atomic E-state index is 13.2. The van der Waals surface area contributed by atoms with E-state index in [-0.39, 0.29) is 23.9 Å². The zero-order chi connectivity index (χ0) is 29.2. The van der Waals surface area contributed by atoms with E-state index in [9.17, 15) is 9.59 Å². The van der Waals surface area contributed by atoms with E-state index in [2.05, 4.69) is 35.7 Å². The lowest BCUT2D eigenvalue weighted by Crippen LogP contribution is -2.52. The van der Waals surface area contributed by atoms with Crippen molar-refractivity contribution in [3.05, 3.63) is 30.0 Å². The standard InChI is InChI=1S/C31H44N8O3/c1-4-24-30(41)37(2)26-18-32-31(36-28(26)34-24)35-25-12-7-21(17-27(25)42-3)29(40)33-22-8-10-23(11-9-22)39-15-13-38(14-16-39)19-20-5-6-20/h7,12,17-18,20,22-24H,4-6,8-11,13-16,19H2,1-3H3,(H,33,40)(H2,32,34,35,36). The van der Waals surface area contributed by atoms with Gasteiger partial charge in [0.1, 0.15) is 17.5 Å². The highest BCUT2D eigenvalue weighted by Crippen LogP contribution is 2.33. The van der Waals surface area contributed by atoms with E-state index in [1.54, 1.807) is 37.4 Å². The summed E-state index contributed by atoms with van der Waals surface area (Å²) in [5.41, 5.74) is 1.85. The molecule has 226 valence electrons. The molecule has 1 aromatic carbocycles. The van der Waals surface area contributed by atoms with E-state index in [4.69, 9.17) is 4.74 Å². The Bertz CT molecular complexity index is 1280. The molecule has 3 N–H and O–H groups in total. The highest BCUT2D eigenvalue weighted by molar-refractivity contribution is 6.03. The van der Waals surface area contributed by atoms with E-state index >= 15 is 0 Å². The number of rotatable bonds is 9. The molecule has 42 heavy (non-hydrogen) atoms. The number of amides is 2. The maximum Gasteiger partial charge on any atom is 0.251 e. The molecule has 1 saturated heterocycles. The van der Waals surface area contributed by atoms with Gasteiger partial charge in [-0.25, -0.2) is 4.98 Å². The third-order valence-corrected chi connectivity index (χ3v) is 9.36. The van der Waals surface area contributed by atoms with Gasteiger partial charge in [0, 0.05) is 57.4 Å². The average molecular weight is 577 g/mol. The van der Waals surface area contributed by atoms with Crippen LogP contribution in [0, 0.1) is 5.92 Å². The van der Waals surface area contributed by atoms with Crippen LogP contribution in [0.5, 0.6) is 5.75 Å². The normalized spacial score (nSPS) is 25.0. The number of fused-ring (bicyclic) bond motifs is 1. The van der Waals surface area contributed by atoms with E-state index in [0.717, 1.165) is 31.6 Å². The molecule has 2 aliphatic carbocycles. The number of methoxy groups -OCH3 is 1. The van der Waals surface area contributed by atoms with Crippen LogP contribution in [0.1, 0.15) is 62.2 Å². The molecule has 3 heterocycles. The fourth-order valence-corrected chi connectivity index (χ4v) is 6.53. The first-order valence-corrected chi connectivity index (χ1v) is 15.5. The van der Waals surface area contributed by atoms with Crippen LogP contribution in [0.25, 0.3) is 0 Å². The van der Waals surface area contributed by atoms with E-state index in [0.29, 0.717) is 46.9 Å². The zero-order valence-electron chi connectivity index (χ0n) is 25.1. The van der Waals surface area contributed by atoms with Crippen LogP contribution in [0.4, 0.5) is 23.1 Å². The Kier molecular flexibility index (Phi) is 8.48. The van der Waals surface area contributed by atoms with Gasteiger partial charge in [0.25, 0.3) is 5.91 Å². The summed E-state index contributed by atoms with van der Waals surface area (Å²) in [6.45, 7) is 8.02. The Labute approximate surface area is 248 Å². The first kappa shape index (κ1) is 28.7. The molecule has 11 nitrogen and oxygen atoms in total. The lowest BCUT2D eigenvalue weighted by molar-refractivity contribution is -0.119. The number of carbonyl (C=O) groups is 2. The Balaban J connectivity index is 1.02. The van der Waals surface area contributed by atoms with Crippen molar-refractivity contribution in [2.75, 3.05) is 62.4 Å². The molecular formula is C31H44N8O3. The number of ether oxygens (including phenoxy) is 1. The molecule has 2 aliphatic heterocycles. The summed E-state index contributed by atoms with van der Waals surface area (Å²) >= 11 is 0. The molecule has 11 heteroatoms. The van der Waals surface area contributed by atoms with E-state index in [1.165, 1.54) is 45.6 Å². The van der Waals surface area contributed by atoms with Gasteiger partial charge in [-0.05, 0) is 69.1 Å². The van der Waals surface area contributed by atoms with E-state index < -0.39 is 0 Å². The number of nitrogens with one attached hydrogen (secondary N) is 3. The van der Waals surface area contributed by atoms with Crippen LogP contribution >= 0.6 is 0 Å². The number of benzene rings is 1. The summed E-state index contributed by atoms with van der Waals surface area (Å²) < 4.78 is 5.61. The Morgan fingerprint density at radius 3 is 2.55 bits per heavy atom. The van der Waals surface area contributed by atoms with Crippen LogP contribution in [0.2, 0.25) is 0 Å². The number of aromatic nitrogens is 2. The van der Waals surface area contributed by atoms with Crippen LogP contribution in [-0.2, 0) is 4.79 Å². The van der Waals surface area contributed by atoms with Crippen molar-refractivity contribution in [1.29, 1.82) is 0 Å². The lowest BCUT2D eigenvalue weighted by atomic mass is 9.89. The van der Waals surface area contributed by atoms with Gasteiger partial charge in [-0.1, -0.05) is 6.92 Å². The third kappa shape index (κ3) is 6.32. The predicted molar refractivity (Wildman–Crippen MR) is 164 cm³/mol. The molecule has 0 spiro atoms. The van der Waals surface area contributed by atoms with Crippen LogP contribution in [-0.4, -0.2) is 96.6 Å². The molecule has 4 aliphatic rings. The van der Waals surface area contributed by atoms with Gasteiger partial charge in [0.15, 0.2) is 5.82 Å². The van der Waals surface area contributed by atoms with Crippen LogP contribution in [0.3, 0.4) is 0 Å². The molecule has 0 radical (unpaired) electrons. The second kappa shape index (κ2) is 12.4. The number of carbonyl (C=O) groups excluding carboxylic acids is 2. The average Bonchev–Trinajstić information content (AvgIpc) is 3.84. The largest absolute Gasteiger partial charge is 0.495 e. The summed E-state index contributed by atoms with van der Waals surface area (Å²) in [4.78, 5) is 41.5. The molecule has 6 rings (SSSR count). The first-order chi connectivity index (χ1) is 20.4. The SMILES string of the molecule is CCC1Nc2nc(Nc3ccc(C(=O)NC4CCC(N5CCN(CC6CC6)CC5)CC4)cc3OC)ncc2N(C)C1=O. The third-order valence-electron chi connectivity index (χ3n) is 9.36. The van der Waals surface area contributed by atoms with Gasteiger partial charge in [-0.15, -0.1) is 0 Å². The highest BCUT2D eigenvalue weighted by Gasteiger charge is 2.32. The van der Waals surface area contributed by atoms with Crippen molar-refractivity contribution < 1.29 is 14.3 Å². The summed E-state index contributed by atoms with van der Waals surface area (Å²) in [6, 6.07) is 5.88. The van der Waals surface area contributed by atoms with Crippen LogP contribution < -0.4 is 25.6 Å². The number of likely N-dealkylation sites (N-methyl/N-ethyl adjacent to an activating group) is 1. The van der Waals surface area contributed by atoms with Gasteiger partial charge in [-0.3, -0.25) is 14.5 Å². The second-order valence-electron chi connectivity index (χ2n) is 12.2. The molecule has 2 aromatic rings. The quantitative estimate of drug-likeness (QED) is 0.413. The lowest BCUT2D eigenvalue weighted by Gasteiger charge is -2.42. The molecular weight excluding hydrogens is 532 g/mol. The maximum atomic E-state index is 13.2. The summed E-state index contributed by atoms with van der Waals surface area (Å²) in [5, 5.41) is 9.66. The fraction of sp³-hybridized carbons (Fsp3) is 0.613. The van der Waals surface area contributed by atoms with Gasteiger partial charge < -0.3 is 30.5 Å². The number of nitrogens with zero attached hydrogens (tertiary/aromatic N) is 5. The topological polar surface area (TPSA) is 115 Å². The molecule has 1 aromatic heterocycles.